The highest BCUT2D eigenvalue weighted by Crippen LogP contribution is 2.38. The maximum atomic E-state index is 11.4. The van der Waals surface area contributed by atoms with E-state index in [0.29, 0.717) is 0 Å². The van der Waals surface area contributed by atoms with Crippen LogP contribution in [0.4, 0.5) is 0 Å². The summed E-state index contributed by atoms with van der Waals surface area (Å²) in [5.74, 6) is 0.206. The number of hydrogen-bond acceptors (Lipinski definition) is 3. The highest BCUT2D eigenvalue weighted by molar-refractivity contribution is 7.90. The molecule has 3 nitrogen and oxygen atoms in total. The zero-order chi connectivity index (χ0) is 15.3. The van der Waals surface area contributed by atoms with Crippen LogP contribution in [0.5, 0.6) is 0 Å². The SMILES string of the molecule is C[C@H](CS(C)(=O)=O)NCC1(c2ccccc2)CCCCC1. The quantitative estimate of drug-likeness (QED) is 0.879. The van der Waals surface area contributed by atoms with Crippen molar-refractivity contribution in [2.45, 2.75) is 50.5 Å². The first kappa shape index (κ1) is 16.5. The van der Waals surface area contributed by atoms with Gasteiger partial charge in [-0.1, -0.05) is 49.6 Å². The van der Waals surface area contributed by atoms with E-state index < -0.39 is 9.84 Å². The van der Waals surface area contributed by atoms with Crippen molar-refractivity contribution in [2.75, 3.05) is 18.6 Å². The standard InChI is InChI=1S/C17H27NO2S/c1-15(13-21(2,19)20)18-14-17(11-7-4-8-12-17)16-9-5-3-6-10-16/h3,5-6,9-10,15,18H,4,7-8,11-14H2,1-2H3/t15-/m1/s1. The fourth-order valence-electron chi connectivity index (χ4n) is 3.47. The van der Waals surface area contributed by atoms with Crippen molar-refractivity contribution in [1.29, 1.82) is 0 Å². The molecule has 0 heterocycles. The average Bonchev–Trinajstić information content (AvgIpc) is 2.45. The van der Waals surface area contributed by atoms with E-state index in [4.69, 9.17) is 0 Å². The molecule has 118 valence electrons. The van der Waals surface area contributed by atoms with E-state index in [9.17, 15) is 8.42 Å². The summed E-state index contributed by atoms with van der Waals surface area (Å²) in [6.45, 7) is 2.83. The topological polar surface area (TPSA) is 46.2 Å². The molecule has 0 unspecified atom stereocenters. The van der Waals surface area contributed by atoms with E-state index in [1.54, 1.807) is 0 Å². The highest BCUT2D eigenvalue weighted by Gasteiger charge is 2.33. The number of sulfone groups is 1. The maximum absolute atomic E-state index is 11.4. The molecule has 0 amide bonds. The third kappa shape index (κ3) is 4.82. The number of benzene rings is 1. The molecule has 1 fully saturated rings. The first-order chi connectivity index (χ1) is 9.91. The number of rotatable bonds is 6. The molecule has 1 saturated carbocycles. The molecule has 1 aliphatic rings. The summed E-state index contributed by atoms with van der Waals surface area (Å²) in [7, 11) is -2.92. The van der Waals surface area contributed by atoms with Gasteiger partial charge in [0.15, 0.2) is 0 Å². The van der Waals surface area contributed by atoms with Gasteiger partial charge in [0, 0.05) is 24.3 Å². The Morgan fingerprint density at radius 1 is 1.14 bits per heavy atom. The summed E-state index contributed by atoms with van der Waals surface area (Å²) in [5, 5.41) is 3.47. The highest BCUT2D eigenvalue weighted by atomic mass is 32.2. The van der Waals surface area contributed by atoms with Crippen LogP contribution in [0.15, 0.2) is 30.3 Å². The summed E-state index contributed by atoms with van der Waals surface area (Å²) < 4.78 is 22.8. The van der Waals surface area contributed by atoms with E-state index in [1.807, 2.05) is 6.92 Å². The molecule has 1 aliphatic carbocycles. The van der Waals surface area contributed by atoms with E-state index in [2.05, 4.69) is 35.6 Å². The van der Waals surface area contributed by atoms with Gasteiger partial charge in [-0.2, -0.15) is 0 Å². The summed E-state index contributed by atoms with van der Waals surface area (Å²) in [4.78, 5) is 0. The molecule has 21 heavy (non-hydrogen) atoms. The van der Waals surface area contributed by atoms with Crippen molar-refractivity contribution in [1.82, 2.24) is 5.32 Å². The summed E-state index contributed by atoms with van der Waals surface area (Å²) in [5.41, 5.74) is 1.56. The van der Waals surface area contributed by atoms with Gasteiger partial charge in [0.1, 0.15) is 9.84 Å². The predicted molar refractivity (Wildman–Crippen MR) is 88.4 cm³/mol. The normalized spacial score (nSPS) is 20.1. The fraction of sp³-hybridized carbons (Fsp3) is 0.647. The lowest BCUT2D eigenvalue weighted by molar-refractivity contribution is 0.274. The van der Waals surface area contributed by atoms with Crippen molar-refractivity contribution in [3.8, 4) is 0 Å². The van der Waals surface area contributed by atoms with Crippen LogP contribution in [0, 0.1) is 0 Å². The minimum atomic E-state index is -2.92. The summed E-state index contributed by atoms with van der Waals surface area (Å²) >= 11 is 0. The van der Waals surface area contributed by atoms with Crippen LogP contribution in [0.1, 0.15) is 44.6 Å². The van der Waals surface area contributed by atoms with Crippen molar-refractivity contribution in [2.24, 2.45) is 0 Å². The minimum Gasteiger partial charge on any atom is -0.312 e. The average molecular weight is 309 g/mol. The predicted octanol–water partition coefficient (Wildman–Crippen LogP) is 2.91. The Morgan fingerprint density at radius 3 is 2.33 bits per heavy atom. The van der Waals surface area contributed by atoms with Crippen LogP contribution in [0.25, 0.3) is 0 Å². The Morgan fingerprint density at radius 2 is 1.76 bits per heavy atom. The van der Waals surface area contributed by atoms with Gasteiger partial charge in [-0.3, -0.25) is 0 Å². The number of hydrogen-bond donors (Lipinski definition) is 1. The van der Waals surface area contributed by atoms with Gasteiger partial charge in [-0.15, -0.1) is 0 Å². The van der Waals surface area contributed by atoms with Gasteiger partial charge < -0.3 is 5.32 Å². The zero-order valence-electron chi connectivity index (χ0n) is 13.1. The lowest BCUT2D eigenvalue weighted by Crippen LogP contribution is -2.44. The molecule has 0 saturated heterocycles. The lowest BCUT2D eigenvalue weighted by Gasteiger charge is -2.39. The molecule has 0 spiro atoms. The van der Waals surface area contributed by atoms with Gasteiger partial charge >= 0.3 is 0 Å². The second kappa shape index (κ2) is 6.93. The molecule has 1 aromatic carbocycles. The van der Waals surface area contributed by atoms with Crippen molar-refractivity contribution >= 4 is 9.84 Å². The smallest absolute Gasteiger partial charge is 0.148 e. The molecule has 0 aliphatic heterocycles. The van der Waals surface area contributed by atoms with E-state index in [1.165, 1.54) is 43.9 Å². The molecule has 1 N–H and O–H groups in total. The maximum Gasteiger partial charge on any atom is 0.148 e. The van der Waals surface area contributed by atoms with Gasteiger partial charge in [-0.05, 0) is 25.3 Å². The lowest BCUT2D eigenvalue weighted by atomic mass is 9.69. The van der Waals surface area contributed by atoms with Gasteiger partial charge in [0.05, 0.1) is 5.75 Å². The monoisotopic (exact) mass is 309 g/mol. The van der Waals surface area contributed by atoms with E-state index >= 15 is 0 Å². The second-order valence-electron chi connectivity index (χ2n) is 6.58. The molecule has 2 rings (SSSR count). The van der Waals surface area contributed by atoms with E-state index in [-0.39, 0.29) is 17.2 Å². The molecular weight excluding hydrogens is 282 g/mol. The molecule has 1 aromatic rings. The Kier molecular flexibility index (Phi) is 5.44. The molecule has 1 atom stereocenters. The molecular formula is C17H27NO2S. The second-order valence-corrected chi connectivity index (χ2v) is 8.77. The summed E-state index contributed by atoms with van der Waals surface area (Å²) in [6, 6.07) is 10.7. The largest absolute Gasteiger partial charge is 0.312 e. The Labute approximate surface area is 129 Å². The van der Waals surface area contributed by atoms with Gasteiger partial charge in [0.2, 0.25) is 0 Å². The number of nitrogens with one attached hydrogen (secondary N) is 1. The Bertz CT molecular complexity index is 533. The Balaban J connectivity index is 2.07. The molecule has 0 radical (unpaired) electrons. The fourth-order valence-corrected chi connectivity index (χ4v) is 4.50. The van der Waals surface area contributed by atoms with Gasteiger partial charge in [0.25, 0.3) is 0 Å². The first-order valence-electron chi connectivity index (χ1n) is 7.88. The van der Waals surface area contributed by atoms with Crippen molar-refractivity contribution in [3.05, 3.63) is 35.9 Å². The van der Waals surface area contributed by atoms with Crippen molar-refractivity contribution < 1.29 is 8.42 Å². The first-order valence-corrected chi connectivity index (χ1v) is 9.94. The Hall–Kier alpha value is -0.870. The molecule has 0 bridgehead atoms. The van der Waals surface area contributed by atoms with Crippen LogP contribution in [-0.4, -0.2) is 33.0 Å². The molecule has 0 aromatic heterocycles. The van der Waals surface area contributed by atoms with Crippen LogP contribution in [-0.2, 0) is 15.3 Å². The molecule has 4 heteroatoms. The van der Waals surface area contributed by atoms with Crippen LogP contribution in [0.3, 0.4) is 0 Å². The van der Waals surface area contributed by atoms with Gasteiger partial charge in [-0.25, -0.2) is 8.42 Å². The summed E-state index contributed by atoms with van der Waals surface area (Å²) in [6.07, 6.45) is 7.52. The third-order valence-corrected chi connectivity index (χ3v) is 5.64. The van der Waals surface area contributed by atoms with E-state index in [0.717, 1.165) is 6.54 Å². The third-order valence-electron chi connectivity index (χ3n) is 4.54. The van der Waals surface area contributed by atoms with Crippen LogP contribution < -0.4 is 5.32 Å². The van der Waals surface area contributed by atoms with Crippen LogP contribution in [0.2, 0.25) is 0 Å². The van der Waals surface area contributed by atoms with Crippen molar-refractivity contribution in [3.63, 3.8) is 0 Å². The zero-order valence-corrected chi connectivity index (χ0v) is 14.0. The minimum absolute atomic E-state index is 0.00233. The van der Waals surface area contributed by atoms with Crippen LogP contribution >= 0.6 is 0 Å².